The summed E-state index contributed by atoms with van der Waals surface area (Å²) in [6.07, 6.45) is 6.36. The Morgan fingerprint density at radius 1 is 1.47 bits per heavy atom. The molecule has 0 saturated carbocycles. The molecule has 1 aliphatic heterocycles. The number of hydrogen-bond donors (Lipinski definition) is 1. The fourth-order valence-corrected chi connectivity index (χ4v) is 1.55. The summed E-state index contributed by atoms with van der Waals surface area (Å²) < 4.78 is 5.41. The van der Waals surface area contributed by atoms with Crippen LogP contribution in [0.15, 0.2) is 36.6 Å². The summed E-state index contributed by atoms with van der Waals surface area (Å²) in [5, 5.41) is 3.31. The Labute approximate surface area is 92.7 Å². The van der Waals surface area contributed by atoms with Crippen LogP contribution in [0.5, 0.6) is 0 Å². The summed E-state index contributed by atoms with van der Waals surface area (Å²) in [6.45, 7) is 12.5. The molecule has 1 heterocycles. The van der Waals surface area contributed by atoms with Gasteiger partial charge < -0.3 is 10.1 Å². The van der Waals surface area contributed by atoms with E-state index in [-0.39, 0.29) is 0 Å². The molecular formula is C13H21NO. The van der Waals surface area contributed by atoms with E-state index in [0.29, 0.717) is 5.92 Å². The zero-order valence-corrected chi connectivity index (χ0v) is 9.59. The van der Waals surface area contributed by atoms with Crippen molar-refractivity contribution >= 4 is 0 Å². The Bertz CT molecular complexity index is 249. The highest BCUT2D eigenvalue weighted by molar-refractivity contribution is 5.21. The van der Waals surface area contributed by atoms with Crippen LogP contribution in [0, 0.1) is 5.92 Å². The van der Waals surface area contributed by atoms with Crippen molar-refractivity contribution in [3.8, 4) is 0 Å². The lowest BCUT2D eigenvalue weighted by molar-refractivity contribution is 0.0558. The average Bonchev–Trinajstić information content (AvgIpc) is 2.25. The number of hydrogen-bond acceptors (Lipinski definition) is 2. The summed E-state index contributed by atoms with van der Waals surface area (Å²) >= 11 is 0. The largest absolute Gasteiger partial charge is 0.385 e. The summed E-state index contributed by atoms with van der Waals surface area (Å²) in [6, 6.07) is 0. The molecule has 2 heteroatoms. The molecule has 1 unspecified atom stereocenters. The van der Waals surface area contributed by atoms with Crippen molar-refractivity contribution in [3.63, 3.8) is 0 Å². The van der Waals surface area contributed by atoms with Crippen molar-refractivity contribution in [2.24, 2.45) is 5.92 Å². The van der Waals surface area contributed by atoms with Gasteiger partial charge in [-0.3, -0.25) is 0 Å². The van der Waals surface area contributed by atoms with Crippen molar-refractivity contribution in [2.75, 3.05) is 19.8 Å². The first kappa shape index (κ1) is 12.1. The Morgan fingerprint density at radius 2 is 2.27 bits per heavy atom. The van der Waals surface area contributed by atoms with Gasteiger partial charge in [-0.2, -0.15) is 0 Å². The predicted octanol–water partition coefficient (Wildman–Crippen LogP) is 2.65. The second kappa shape index (κ2) is 6.46. The van der Waals surface area contributed by atoms with Crippen molar-refractivity contribution in [3.05, 3.63) is 36.6 Å². The minimum Gasteiger partial charge on any atom is -0.385 e. The quantitative estimate of drug-likeness (QED) is 0.700. The van der Waals surface area contributed by atoms with Gasteiger partial charge in [-0.25, -0.2) is 0 Å². The SMILES string of the molecule is C=C(C)/C=C\C(=C)NCC1CCCOC1. The number of allylic oxidation sites excluding steroid dienone is 3. The van der Waals surface area contributed by atoms with Crippen molar-refractivity contribution < 1.29 is 4.74 Å². The Morgan fingerprint density at radius 3 is 2.87 bits per heavy atom. The molecule has 0 bridgehead atoms. The molecule has 15 heavy (non-hydrogen) atoms. The molecule has 2 nitrogen and oxygen atoms in total. The van der Waals surface area contributed by atoms with E-state index in [2.05, 4.69) is 18.5 Å². The summed E-state index contributed by atoms with van der Waals surface area (Å²) in [5.41, 5.74) is 1.99. The molecule has 0 spiro atoms. The van der Waals surface area contributed by atoms with Gasteiger partial charge in [0.1, 0.15) is 0 Å². The van der Waals surface area contributed by atoms with Gasteiger partial charge in [0.2, 0.25) is 0 Å². The second-order valence-electron chi connectivity index (χ2n) is 4.17. The molecule has 1 fully saturated rings. The molecule has 1 atom stereocenters. The first-order valence-corrected chi connectivity index (χ1v) is 5.52. The van der Waals surface area contributed by atoms with Crippen molar-refractivity contribution in [1.82, 2.24) is 5.32 Å². The van der Waals surface area contributed by atoms with Gasteiger partial charge in [-0.1, -0.05) is 24.8 Å². The fourth-order valence-electron chi connectivity index (χ4n) is 1.55. The third kappa shape index (κ3) is 5.43. The fraction of sp³-hybridized carbons (Fsp3) is 0.538. The maximum Gasteiger partial charge on any atom is 0.0511 e. The lowest BCUT2D eigenvalue weighted by Gasteiger charge is -2.22. The van der Waals surface area contributed by atoms with Crippen LogP contribution < -0.4 is 5.32 Å². The molecule has 0 amide bonds. The molecule has 84 valence electrons. The van der Waals surface area contributed by atoms with Gasteiger partial charge in [0, 0.05) is 18.8 Å². The molecule has 0 aromatic heterocycles. The highest BCUT2D eigenvalue weighted by Crippen LogP contribution is 2.12. The second-order valence-corrected chi connectivity index (χ2v) is 4.17. The molecule has 0 radical (unpaired) electrons. The minimum atomic E-state index is 0.633. The van der Waals surface area contributed by atoms with E-state index in [9.17, 15) is 0 Å². The average molecular weight is 207 g/mol. The minimum absolute atomic E-state index is 0.633. The van der Waals surface area contributed by atoms with Gasteiger partial charge in [0.25, 0.3) is 0 Å². The summed E-state index contributed by atoms with van der Waals surface area (Å²) in [4.78, 5) is 0. The molecular weight excluding hydrogens is 186 g/mol. The number of rotatable bonds is 5. The third-order valence-corrected chi connectivity index (χ3v) is 2.44. The van der Waals surface area contributed by atoms with Crippen LogP contribution >= 0.6 is 0 Å². The highest BCUT2D eigenvalue weighted by Gasteiger charge is 2.12. The molecule has 1 saturated heterocycles. The Hall–Kier alpha value is -1.02. The lowest BCUT2D eigenvalue weighted by atomic mass is 10.0. The molecule has 0 aromatic carbocycles. The van der Waals surface area contributed by atoms with Crippen molar-refractivity contribution in [1.29, 1.82) is 0 Å². The first-order valence-electron chi connectivity index (χ1n) is 5.52. The summed E-state index contributed by atoms with van der Waals surface area (Å²) in [7, 11) is 0. The Kier molecular flexibility index (Phi) is 5.19. The normalized spacial score (nSPS) is 21.5. The maximum atomic E-state index is 5.41. The maximum absolute atomic E-state index is 5.41. The van der Waals surface area contributed by atoms with E-state index in [1.807, 2.05) is 19.1 Å². The number of ether oxygens (including phenoxy) is 1. The van der Waals surface area contributed by atoms with Gasteiger partial charge in [0.05, 0.1) is 6.61 Å². The first-order chi connectivity index (χ1) is 7.18. The molecule has 0 aliphatic carbocycles. The van der Waals surface area contributed by atoms with Gasteiger partial charge >= 0.3 is 0 Å². The van der Waals surface area contributed by atoms with Gasteiger partial charge in [-0.05, 0) is 31.8 Å². The van der Waals surface area contributed by atoms with Crippen LogP contribution in [0.1, 0.15) is 19.8 Å². The van der Waals surface area contributed by atoms with E-state index < -0.39 is 0 Å². The van der Waals surface area contributed by atoms with E-state index in [4.69, 9.17) is 4.74 Å². The monoisotopic (exact) mass is 207 g/mol. The van der Waals surface area contributed by atoms with Crippen LogP contribution in [-0.4, -0.2) is 19.8 Å². The zero-order valence-electron chi connectivity index (χ0n) is 9.59. The standard InChI is InChI=1S/C13H21NO/c1-11(2)6-7-12(3)14-9-13-5-4-8-15-10-13/h6-7,13-14H,1,3-5,8-10H2,2H3/b7-6-. The smallest absolute Gasteiger partial charge is 0.0511 e. The van der Waals surface area contributed by atoms with Crippen LogP contribution in [0.3, 0.4) is 0 Å². The molecule has 1 aliphatic rings. The number of nitrogens with one attached hydrogen (secondary N) is 1. The third-order valence-electron chi connectivity index (χ3n) is 2.44. The molecule has 1 N–H and O–H groups in total. The molecule has 0 aromatic rings. The lowest BCUT2D eigenvalue weighted by Crippen LogP contribution is -2.28. The zero-order chi connectivity index (χ0) is 11.1. The predicted molar refractivity (Wildman–Crippen MR) is 64.6 cm³/mol. The van der Waals surface area contributed by atoms with Crippen LogP contribution in [0.2, 0.25) is 0 Å². The Balaban J connectivity index is 2.18. The van der Waals surface area contributed by atoms with E-state index >= 15 is 0 Å². The summed E-state index contributed by atoms with van der Waals surface area (Å²) in [5.74, 6) is 0.633. The van der Waals surface area contributed by atoms with Crippen LogP contribution in [0.4, 0.5) is 0 Å². The van der Waals surface area contributed by atoms with Gasteiger partial charge in [-0.15, -0.1) is 0 Å². The van der Waals surface area contributed by atoms with Crippen molar-refractivity contribution in [2.45, 2.75) is 19.8 Å². The van der Waals surface area contributed by atoms with Crippen LogP contribution in [-0.2, 0) is 4.74 Å². The van der Waals surface area contributed by atoms with Gasteiger partial charge in [0.15, 0.2) is 0 Å². The van der Waals surface area contributed by atoms with E-state index in [0.717, 1.165) is 31.0 Å². The van der Waals surface area contributed by atoms with Crippen LogP contribution in [0.25, 0.3) is 0 Å². The van der Waals surface area contributed by atoms with E-state index in [1.54, 1.807) is 0 Å². The highest BCUT2D eigenvalue weighted by atomic mass is 16.5. The molecule has 1 rings (SSSR count). The topological polar surface area (TPSA) is 21.3 Å². The van der Waals surface area contributed by atoms with E-state index in [1.165, 1.54) is 12.8 Å².